The van der Waals surface area contributed by atoms with Crippen LogP contribution < -0.4 is 19.5 Å². The average Bonchev–Trinajstić information content (AvgIpc) is 3.70. The summed E-state index contributed by atoms with van der Waals surface area (Å²) >= 11 is 0. The zero-order valence-corrected chi connectivity index (χ0v) is 24.1. The van der Waals surface area contributed by atoms with Crippen molar-refractivity contribution < 1.29 is 29.5 Å². The van der Waals surface area contributed by atoms with Gasteiger partial charge in [0.2, 0.25) is 0 Å². The molecule has 7 rings (SSSR count). The quantitative estimate of drug-likeness (QED) is 0.308. The highest BCUT2D eigenvalue weighted by Gasteiger charge is 2.45. The van der Waals surface area contributed by atoms with Crippen LogP contribution in [-0.2, 0) is 12.8 Å². The maximum Gasteiger partial charge on any atom is 0.160 e. The van der Waals surface area contributed by atoms with Crippen molar-refractivity contribution in [3.05, 3.63) is 77.1 Å². The van der Waals surface area contributed by atoms with E-state index in [2.05, 4.69) is 16.4 Å². The van der Waals surface area contributed by atoms with E-state index in [4.69, 9.17) is 14.2 Å². The fourth-order valence-electron chi connectivity index (χ4n) is 7.90. The Morgan fingerprint density at radius 1 is 1.00 bits per heavy atom. The van der Waals surface area contributed by atoms with Crippen LogP contribution in [0.3, 0.4) is 0 Å². The highest BCUT2D eigenvalue weighted by Crippen LogP contribution is 2.55. The number of rotatable bonds is 6. The Hall–Kier alpha value is -4.04. The van der Waals surface area contributed by atoms with Crippen LogP contribution in [0.4, 0.5) is 0 Å². The molecule has 8 nitrogen and oxygen atoms in total. The van der Waals surface area contributed by atoms with Gasteiger partial charge in [-0.3, -0.25) is 0 Å². The molecule has 1 fully saturated rings. The maximum atomic E-state index is 11.5. The van der Waals surface area contributed by atoms with Crippen LogP contribution >= 0.6 is 0 Å². The first-order chi connectivity index (χ1) is 20.4. The van der Waals surface area contributed by atoms with Crippen molar-refractivity contribution in [3.8, 4) is 39.9 Å². The predicted molar refractivity (Wildman–Crippen MR) is 159 cm³/mol. The first-order valence-corrected chi connectivity index (χ1v) is 14.9. The van der Waals surface area contributed by atoms with E-state index in [1.807, 2.05) is 24.4 Å². The van der Waals surface area contributed by atoms with E-state index in [1.54, 1.807) is 31.4 Å². The number of hydrogen-bond acceptors (Lipinski definition) is 8. The van der Waals surface area contributed by atoms with E-state index in [-0.39, 0.29) is 23.0 Å². The summed E-state index contributed by atoms with van der Waals surface area (Å²) in [6.07, 6.45) is 9.66. The Labute approximate surface area is 246 Å². The van der Waals surface area contributed by atoms with Gasteiger partial charge in [-0.25, -0.2) is 0 Å². The van der Waals surface area contributed by atoms with Gasteiger partial charge in [0.1, 0.15) is 23.4 Å². The number of fused-ring (bicyclic) bond motifs is 5. The van der Waals surface area contributed by atoms with E-state index in [0.717, 1.165) is 65.9 Å². The van der Waals surface area contributed by atoms with Crippen molar-refractivity contribution in [2.75, 3.05) is 20.9 Å². The van der Waals surface area contributed by atoms with Gasteiger partial charge >= 0.3 is 0 Å². The van der Waals surface area contributed by atoms with Gasteiger partial charge in [0.25, 0.3) is 0 Å². The molecule has 1 saturated carbocycles. The number of aliphatic hydroxyl groups is 1. The van der Waals surface area contributed by atoms with Crippen molar-refractivity contribution in [2.24, 2.45) is 0 Å². The number of phenols is 2. The minimum atomic E-state index is -0.794. The Kier molecular flexibility index (Phi) is 6.61. The first-order valence-electron chi connectivity index (χ1n) is 14.9. The van der Waals surface area contributed by atoms with Gasteiger partial charge in [-0.2, -0.15) is 0 Å². The molecular formula is C34H38N2O6. The molecule has 4 N–H and O–H groups in total. The van der Waals surface area contributed by atoms with Gasteiger partial charge < -0.3 is 39.7 Å². The lowest BCUT2D eigenvalue weighted by Gasteiger charge is -2.44. The van der Waals surface area contributed by atoms with E-state index >= 15 is 0 Å². The van der Waals surface area contributed by atoms with E-state index in [9.17, 15) is 15.3 Å². The molecule has 2 heterocycles. The van der Waals surface area contributed by atoms with Crippen molar-refractivity contribution in [3.63, 3.8) is 0 Å². The molecule has 0 amide bonds. The summed E-state index contributed by atoms with van der Waals surface area (Å²) in [6, 6.07) is 12.6. The Balaban J connectivity index is 1.36. The molecule has 2 aliphatic carbocycles. The Morgan fingerprint density at radius 2 is 1.81 bits per heavy atom. The molecule has 0 unspecified atom stereocenters. The minimum absolute atomic E-state index is 0.0332. The zero-order chi connectivity index (χ0) is 29.0. The molecule has 0 spiro atoms. The number of nitrogens with zero attached hydrogens (tertiary/aromatic N) is 1. The molecule has 220 valence electrons. The number of hydrogen-bond donors (Lipinski definition) is 4. The Morgan fingerprint density at radius 3 is 2.55 bits per heavy atom. The molecule has 42 heavy (non-hydrogen) atoms. The molecule has 0 bridgehead atoms. The van der Waals surface area contributed by atoms with Crippen molar-refractivity contribution in [1.29, 1.82) is 0 Å². The van der Waals surface area contributed by atoms with Crippen LogP contribution in [0.25, 0.3) is 11.1 Å². The summed E-state index contributed by atoms with van der Waals surface area (Å²) in [7, 11) is 3.19. The fraction of sp³-hybridized carbons (Fsp3) is 0.412. The summed E-state index contributed by atoms with van der Waals surface area (Å²) in [5.74, 6) is 2.22. The SMILES string of the molecule is COc1cc([C@H]2Oc3cc(OC)c4c(c3C[C@H]2O)[C@H](CC2(N3C=CNC3)CCCC2)Cc2cc(O)ccc2-4)ccc1O. The normalized spacial score (nSPS) is 23.4. The second-order valence-corrected chi connectivity index (χ2v) is 12.1. The molecule has 0 aromatic heterocycles. The van der Waals surface area contributed by atoms with E-state index < -0.39 is 12.2 Å². The number of phenolic OH excluding ortho intramolecular Hbond substituents is 2. The van der Waals surface area contributed by atoms with Gasteiger partial charge in [-0.05, 0) is 78.1 Å². The first kappa shape index (κ1) is 26.8. The fourth-order valence-corrected chi connectivity index (χ4v) is 7.90. The number of ether oxygens (including phenoxy) is 3. The largest absolute Gasteiger partial charge is 0.508 e. The van der Waals surface area contributed by atoms with Crippen LogP contribution in [0.2, 0.25) is 0 Å². The molecule has 3 aromatic carbocycles. The molecule has 4 aliphatic rings. The lowest BCUT2D eigenvalue weighted by Crippen LogP contribution is -2.45. The zero-order valence-electron chi connectivity index (χ0n) is 24.1. The van der Waals surface area contributed by atoms with Crippen molar-refractivity contribution >= 4 is 0 Å². The number of aliphatic hydroxyl groups excluding tert-OH is 1. The van der Waals surface area contributed by atoms with Gasteiger partial charge in [0.05, 0.1) is 27.0 Å². The highest BCUT2D eigenvalue weighted by molar-refractivity contribution is 5.83. The van der Waals surface area contributed by atoms with Gasteiger partial charge in [0, 0.05) is 41.6 Å². The average molecular weight is 571 g/mol. The summed E-state index contributed by atoms with van der Waals surface area (Å²) in [5.41, 5.74) is 6.17. The van der Waals surface area contributed by atoms with Gasteiger partial charge in [-0.1, -0.05) is 25.0 Å². The van der Waals surface area contributed by atoms with Crippen molar-refractivity contribution in [1.82, 2.24) is 10.2 Å². The van der Waals surface area contributed by atoms with Crippen LogP contribution in [0.15, 0.2) is 54.9 Å². The van der Waals surface area contributed by atoms with E-state index in [0.29, 0.717) is 17.9 Å². The van der Waals surface area contributed by atoms with Crippen LogP contribution in [0.1, 0.15) is 66.4 Å². The molecule has 0 saturated heterocycles. The molecular weight excluding hydrogens is 532 g/mol. The summed E-state index contributed by atoms with van der Waals surface area (Å²) in [5, 5.41) is 35.5. The van der Waals surface area contributed by atoms with Gasteiger partial charge in [0.15, 0.2) is 11.5 Å². The Bertz CT molecular complexity index is 1550. The lowest BCUT2D eigenvalue weighted by molar-refractivity contribution is 0.0199. The van der Waals surface area contributed by atoms with Crippen LogP contribution in [0, 0.1) is 0 Å². The van der Waals surface area contributed by atoms with E-state index in [1.165, 1.54) is 25.5 Å². The number of aromatic hydroxyl groups is 2. The third-order valence-electron chi connectivity index (χ3n) is 9.81. The highest BCUT2D eigenvalue weighted by atomic mass is 16.5. The molecule has 3 atom stereocenters. The standard InChI is InChI=1S/C34H38N2O6/c1-40-29-15-20(5-8-26(29)38)33-27(39)16-25-28(42-33)17-30(41-2)32-24-7-6-23(37)14-21(24)13-22(31(25)32)18-34(9-3-4-10-34)36-12-11-35-19-36/h5-8,11-12,14-15,17,22,27,33,35,37-39H,3-4,9-10,13,16,18-19H2,1-2H3/t22-,27+,33+/m0/s1. The predicted octanol–water partition coefficient (Wildman–Crippen LogP) is 5.50. The smallest absolute Gasteiger partial charge is 0.160 e. The van der Waals surface area contributed by atoms with Crippen molar-refractivity contribution in [2.45, 2.75) is 68.6 Å². The minimum Gasteiger partial charge on any atom is -0.508 e. The summed E-state index contributed by atoms with van der Waals surface area (Å²) < 4.78 is 18.0. The monoisotopic (exact) mass is 570 g/mol. The second kappa shape index (κ2) is 10.3. The molecule has 3 aromatic rings. The molecule has 2 aliphatic heterocycles. The van der Waals surface area contributed by atoms with Crippen LogP contribution in [0.5, 0.6) is 28.7 Å². The third kappa shape index (κ3) is 4.31. The maximum absolute atomic E-state index is 11.5. The summed E-state index contributed by atoms with van der Waals surface area (Å²) in [6.45, 7) is 0.812. The number of methoxy groups -OCH3 is 2. The summed E-state index contributed by atoms with van der Waals surface area (Å²) in [4.78, 5) is 2.48. The second-order valence-electron chi connectivity index (χ2n) is 12.1. The molecule has 0 radical (unpaired) electrons. The lowest BCUT2D eigenvalue weighted by atomic mass is 9.69. The number of benzene rings is 3. The third-order valence-corrected chi connectivity index (χ3v) is 9.81. The van der Waals surface area contributed by atoms with Gasteiger partial charge in [-0.15, -0.1) is 0 Å². The number of nitrogens with one attached hydrogen (secondary N) is 1. The topological polar surface area (TPSA) is 104 Å². The van der Waals surface area contributed by atoms with Crippen LogP contribution in [-0.4, -0.2) is 52.8 Å². The molecule has 8 heteroatoms.